The topological polar surface area (TPSA) is 75.0 Å². The first kappa shape index (κ1) is 16.6. The fourth-order valence-electron chi connectivity index (χ4n) is 2.41. The maximum atomic E-state index is 12.2. The predicted octanol–water partition coefficient (Wildman–Crippen LogP) is 3.17. The molecular weight excluding hydrogens is 324 g/mol. The average Bonchev–Trinajstić information content (AvgIpc) is 2.65. The van der Waals surface area contributed by atoms with Gasteiger partial charge in [0.15, 0.2) is 0 Å². The van der Waals surface area contributed by atoms with E-state index >= 15 is 0 Å². The van der Waals surface area contributed by atoms with E-state index in [1.54, 1.807) is 49.6 Å². The smallest absolute Gasteiger partial charge is 0.338 e. The second-order valence-electron chi connectivity index (χ2n) is 5.26. The van der Waals surface area contributed by atoms with Crippen LogP contribution in [0, 0.1) is 0 Å². The third kappa shape index (κ3) is 3.63. The molecule has 0 radical (unpaired) electrons. The zero-order valence-corrected chi connectivity index (χ0v) is 13.8. The van der Waals surface area contributed by atoms with Gasteiger partial charge >= 0.3 is 11.6 Å². The van der Waals surface area contributed by atoms with E-state index in [1.807, 2.05) is 0 Å². The van der Waals surface area contributed by atoms with Crippen LogP contribution in [0.3, 0.4) is 0 Å². The average molecular weight is 340 g/mol. The van der Waals surface area contributed by atoms with Gasteiger partial charge in [-0.1, -0.05) is 0 Å². The molecule has 0 aliphatic rings. The van der Waals surface area contributed by atoms with Crippen molar-refractivity contribution in [1.82, 2.24) is 0 Å². The molecule has 3 rings (SSSR count). The quantitative estimate of drug-likeness (QED) is 0.525. The van der Waals surface area contributed by atoms with Gasteiger partial charge in [0.1, 0.15) is 23.7 Å². The fourth-order valence-corrected chi connectivity index (χ4v) is 2.41. The van der Waals surface area contributed by atoms with Gasteiger partial charge in [-0.2, -0.15) is 0 Å². The summed E-state index contributed by atoms with van der Waals surface area (Å²) in [4.78, 5) is 23.9. The van der Waals surface area contributed by atoms with Gasteiger partial charge < -0.3 is 18.6 Å². The van der Waals surface area contributed by atoms with E-state index in [-0.39, 0.29) is 6.61 Å². The van der Waals surface area contributed by atoms with Gasteiger partial charge in [0.2, 0.25) is 0 Å². The number of carbonyl (C=O) groups is 1. The van der Waals surface area contributed by atoms with Crippen LogP contribution in [-0.2, 0) is 11.3 Å². The first-order chi connectivity index (χ1) is 12.1. The summed E-state index contributed by atoms with van der Waals surface area (Å²) >= 11 is 0. The van der Waals surface area contributed by atoms with Crippen LogP contribution < -0.4 is 15.1 Å². The largest absolute Gasteiger partial charge is 0.497 e. The maximum absolute atomic E-state index is 12.2. The Bertz CT molecular complexity index is 956. The summed E-state index contributed by atoms with van der Waals surface area (Å²) < 4.78 is 20.7. The van der Waals surface area contributed by atoms with Crippen LogP contribution in [0.5, 0.6) is 11.5 Å². The highest BCUT2D eigenvalue weighted by Gasteiger charge is 2.11. The van der Waals surface area contributed by atoms with Gasteiger partial charge in [-0.25, -0.2) is 9.59 Å². The zero-order chi connectivity index (χ0) is 17.8. The molecule has 25 heavy (non-hydrogen) atoms. The van der Waals surface area contributed by atoms with Crippen molar-refractivity contribution in [1.29, 1.82) is 0 Å². The molecule has 0 aliphatic heterocycles. The van der Waals surface area contributed by atoms with Crippen LogP contribution in [-0.4, -0.2) is 20.2 Å². The number of rotatable bonds is 5. The summed E-state index contributed by atoms with van der Waals surface area (Å²) in [6.07, 6.45) is 0. The van der Waals surface area contributed by atoms with E-state index in [0.717, 1.165) is 0 Å². The Kier molecular flexibility index (Phi) is 4.70. The second-order valence-corrected chi connectivity index (χ2v) is 5.26. The van der Waals surface area contributed by atoms with Crippen LogP contribution >= 0.6 is 0 Å². The Morgan fingerprint density at radius 1 is 0.960 bits per heavy atom. The minimum absolute atomic E-state index is 0.0424. The van der Waals surface area contributed by atoms with E-state index in [2.05, 4.69) is 0 Å². The van der Waals surface area contributed by atoms with Crippen LogP contribution in [0.1, 0.15) is 15.9 Å². The first-order valence-corrected chi connectivity index (χ1v) is 7.52. The van der Waals surface area contributed by atoms with E-state index in [4.69, 9.17) is 18.6 Å². The molecule has 1 heterocycles. The maximum Gasteiger partial charge on any atom is 0.338 e. The molecule has 0 fully saturated rings. The van der Waals surface area contributed by atoms with Crippen LogP contribution in [0.2, 0.25) is 0 Å². The zero-order valence-electron chi connectivity index (χ0n) is 13.8. The summed E-state index contributed by atoms with van der Waals surface area (Å²) in [7, 11) is 3.08. The van der Waals surface area contributed by atoms with Crippen molar-refractivity contribution >= 4 is 16.9 Å². The molecule has 0 bridgehead atoms. The number of hydrogen-bond acceptors (Lipinski definition) is 6. The molecule has 0 amide bonds. The molecule has 3 aromatic rings. The summed E-state index contributed by atoms with van der Waals surface area (Å²) in [5, 5.41) is 0.683. The lowest BCUT2D eigenvalue weighted by molar-refractivity contribution is 0.0474. The van der Waals surface area contributed by atoms with Crippen molar-refractivity contribution in [3.63, 3.8) is 0 Å². The summed E-state index contributed by atoms with van der Waals surface area (Å²) in [5.41, 5.74) is 0.823. The van der Waals surface area contributed by atoms with E-state index < -0.39 is 11.6 Å². The second kappa shape index (κ2) is 7.09. The van der Waals surface area contributed by atoms with Gasteiger partial charge in [0.05, 0.1) is 19.8 Å². The van der Waals surface area contributed by atoms with Crippen LogP contribution in [0.4, 0.5) is 0 Å². The molecule has 0 aliphatic carbocycles. The highest BCUT2D eigenvalue weighted by Crippen LogP contribution is 2.23. The molecule has 6 nitrogen and oxygen atoms in total. The van der Waals surface area contributed by atoms with Crippen molar-refractivity contribution in [3.8, 4) is 11.5 Å². The van der Waals surface area contributed by atoms with Crippen LogP contribution in [0.15, 0.2) is 57.7 Å². The third-order valence-electron chi connectivity index (χ3n) is 3.72. The Labute approximate surface area is 143 Å². The van der Waals surface area contributed by atoms with E-state index in [1.165, 1.54) is 13.2 Å². The monoisotopic (exact) mass is 340 g/mol. The van der Waals surface area contributed by atoms with Gasteiger partial charge in [0, 0.05) is 23.1 Å². The molecular formula is C19H16O6. The van der Waals surface area contributed by atoms with Crippen molar-refractivity contribution in [3.05, 3.63) is 70.1 Å². The van der Waals surface area contributed by atoms with Crippen molar-refractivity contribution in [2.75, 3.05) is 14.2 Å². The van der Waals surface area contributed by atoms with Crippen molar-refractivity contribution in [2.45, 2.75) is 6.61 Å². The molecule has 1 aromatic heterocycles. The Hall–Kier alpha value is -3.28. The summed E-state index contributed by atoms with van der Waals surface area (Å²) in [6, 6.07) is 13.0. The SMILES string of the molecule is COc1ccc(C(=O)OCc2cc(=O)oc3cc(OC)ccc23)cc1. The third-order valence-corrected chi connectivity index (χ3v) is 3.72. The van der Waals surface area contributed by atoms with Crippen molar-refractivity contribution < 1.29 is 23.4 Å². The highest BCUT2D eigenvalue weighted by atomic mass is 16.5. The number of carbonyl (C=O) groups excluding carboxylic acids is 1. The Morgan fingerprint density at radius 2 is 1.64 bits per heavy atom. The highest BCUT2D eigenvalue weighted by molar-refractivity contribution is 5.89. The molecule has 2 aromatic carbocycles. The number of esters is 1. The number of hydrogen-bond donors (Lipinski definition) is 0. The van der Waals surface area contributed by atoms with Crippen LogP contribution in [0.25, 0.3) is 11.0 Å². The molecule has 0 unspecified atom stereocenters. The van der Waals surface area contributed by atoms with Gasteiger partial charge in [-0.3, -0.25) is 0 Å². The molecule has 0 N–H and O–H groups in total. The number of fused-ring (bicyclic) bond motifs is 1. The lowest BCUT2D eigenvalue weighted by atomic mass is 10.1. The summed E-state index contributed by atoms with van der Waals surface area (Å²) in [5.74, 6) is 0.734. The Balaban J connectivity index is 1.82. The first-order valence-electron chi connectivity index (χ1n) is 7.52. The van der Waals surface area contributed by atoms with E-state index in [9.17, 15) is 9.59 Å². The van der Waals surface area contributed by atoms with Gasteiger partial charge in [0.25, 0.3) is 0 Å². The summed E-state index contributed by atoms with van der Waals surface area (Å²) in [6.45, 7) is -0.0424. The van der Waals surface area contributed by atoms with E-state index in [0.29, 0.717) is 33.6 Å². The van der Waals surface area contributed by atoms with Gasteiger partial charge in [-0.05, 0) is 36.4 Å². The fraction of sp³-hybridized carbons (Fsp3) is 0.158. The normalized spacial score (nSPS) is 10.5. The molecule has 6 heteroatoms. The number of benzene rings is 2. The molecule has 0 saturated heterocycles. The standard InChI is InChI=1S/C19H16O6/c1-22-14-5-3-12(4-6-14)19(21)24-11-13-9-18(20)25-17-10-15(23-2)7-8-16(13)17/h3-10H,11H2,1-2H3. The Morgan fingerprint density at radius 3 is 2.32 bits per heavy atom. The molecule has 0 spiro atoms. The van der Waals surface area contributed by atoms with Gasteiger partial charge in [-0.15, -0.1) is 0 Å². The number of ether oxygens (including phenoxy) is 3. The van der Waals surface area contributed by atoms with Crippen molar-refractivity contribution in [2.24, 2.45) is 0 Å². The lowest BCUT2D eigenvalue weighted by Gasteiger charge is -2.08. The lowest BCUT2D eigenvalue weighted by Crippen LogP contribution is -2.08. The molecule has 128 valence electrons. The minimum Gasteiger partial charge on any atom is -0.497 e. The molecule has 0 atom stereocenters. The predicted molar refractivity (Wildman–Crippen MR) is 91.1 cm³/mol. The number of methoxy groups -OCH3 is 2. The minimum atomic E-state index is -0.517. The molecule has 0 saturated carbocycles.